The van der Waals surface area contributed by atoms with Gasteiger partial charge in [-0.3, -0.25) is 0 Å². The van der Waals surface area contributed by atoms with E-state index in [-0.39, 0.29) is 0 Å². The van der Waals surface area contributed by atoms with Crippen molar-refractivity contribution in [2.75, 3.05) is 11.4 Å². The van der Waals surface area contributed by atoms with E-state index in [9.17, 15) is 0 Å². The summed E-state index contributed by atoms with van der Waals surface area (Å²) in [4.78, 5) is 2.93. The number of halogens is 1. The molecule has 1 aromatic carbocycles. The summed E-state index contributed by atoms with van der Waals surface area (Å²) < 4.78 is 0. The van der Waals surface area contributed by atoms with Crippen LogP contribution in [0, 0.1) is 5.92 Å². The zero-order valence-corrected chi connectivity index (χ0v) is 11.8. The molecule has 0 aliphatic heterocycles. The number of nitrogens with zero attached hydrogens (tertiary/aromatic N) is 1. The fourth-order valence-electron chi connectivity index (χ4n) is 2.36. The number of hydrogen-bond donors (Lipinski definition) is 1. The topological polar surface area (TPSA) is 29.3 Å². The Hall–Kier alpha value is -0.800. The molecule has 0 heterocycles. The maximum Gasteiger partial charge on any atom is 0.106 e. The molecule has 2 aliphatic carbocycles. The van der Waals surface area contributed by atoms with Gasteiger partial charge in [-0.2, -0.15) is 0 Å². The zero-order valence-electron chi connectivity index (χ0n) is 10.2. The third-order valence-corrected chi connectivity index (χ3v) is 4.13. The van der Waals surface area contributed by atoms with Crippen LogP contribution in [0.2, 0.25) is 5.02 Å². The van der Waals surface area contributed by atoms with E-state index in [0.717, 1.165) is 18.0 Å². The predicted octanol–water partition coefficient (Wildman–Crippen LogP) is 3.35. The molecule has 0 saturated heterocycles. The van der Waals surface area contributed by atoms with Gasteiger partial charge in [0.15, 0.2) is 0 Å². The van der Waals surface area contributed by atoms with Crippen LogP contribution in [-0.4, -0.2) is 17.6 Å². The highest BCUT2D eigenvalue weighted by Crippen LogP contribution is 2.39. The molecule has 3 rings (SSSR count). The molecule has 0 atom stereocenters. The molecule has 0 spiro atoms. The minimum absolute atomic E-state index is 0.439. The molecule has 0 bridgehead atoms. The molecule has 18 heavy (non-hydrogen) atoms. The van der Waals surface area contributed by atoms with E-state index in [4.69, 9.17) is 29.6 Å². The fraction of sp³-hybridized carbons (Fsp3) is 0.500. The second-order valence-corrected chi connectivity index (χ2v) is 6.23. The molecule has 0 unspecified atom stereocenters. The smallest absolute Gasteiger partial charge is 0.106 e. The van der Waals surface area contributed by atoms with Gasteiger partial charge in [-0.05, 0) is 49.8 Å². The normalized spacial score (nSPS) is 18.7. The lowest BCUT2D eigenvalue weighted by Crippen LogP contribution is -2.30. The van der Waals surface area contributed by atoms with Crippen molar-refractivity contribution in [3.8, 4) is 0 Å². The predicted molar refractivity (Wildman–Crippen MR) is 80.4 cm³/mol. The molecular weight excluding hydrogens is 264 g/mol. The van der Waals surface area contributed by atoms with Gasteiger partial charge in [0.05, 0.1) is 0 Å². The standard InChI is InChI=1S/C14H17ClN2S/c15-10-3-6-13(12(7-10)14(16)18)17(11-4-5-11)8-9-1-2-9/h3,6-7,9,11H,1-2,4-5,8H2,(H2,16,18). The van der Waals surface area contributed by atoms with Crippen molar-refractivity contribution >= 4 is 34.5 Å². The van der Waals surface area contributed by atoms with Crippen molar-refractivity contribution in [2.45, 2.75) is 31.7 Å². The monoisotopic (exact) mass is 280 g/mol. The molecule has 4 heteroatoms. The van der Waals surface area contributed by atoms with E-state index in [1.54, 1.807) is 0 Å². The Bertz CT molecular complexity index is 481. The van der Waals surface area contributed by atoms with Gasteiger partial charge in [0.2, 0.25) is 0 Å². The first-order chi connectivity index (χ1) is 8.65. The zero-order chi connectivity index (χ0) is 12.7. The van der Waals surface area contributed by atoms with E-state index in [0.29, 0.717) is 16.1 Å². The van der Waals surface area contributed by atoms with Crippen molar-refractivity contribution in [2.24, 2.45) is 11.7 Å². The summed E-state index contributed by atoms with van der Waals surface area (Å²) >= 11 is 11.2. The Labute approximate surface area is 118 Å². The van der Waals surface area contributed by atoms with Crippen molar-refractivity contribution in [1.29, 1.82) is 0 Å². The summed E-state index contributed by atoms with van der Waals surface area (Å²) in [6, 6.07) is 6.57. The summed E-state index contributed by atoms with van der Waals surface area (Å²) in [5.41, 5.74) is 7.92. The highest BCUT2D eigenvalue weighted by molar-refractivity contribution is 7.80. The van der Waals surface area contributed by atoms with Crippen LogP contribution in [0.5, 0.6) is 0 Å². The third kappa shape index (κ3) is 2.62. The fourth-order valence-corrected chi connectivity index (χ4v) is 2.70. The maximum atomic E-state index is 6.05. The van der Waals surface area contributed by atoms with E-state index in [1.165, 1.54) is 31.4 Å². The molecule has 96 valence electrons. The molecule has 2 fully saturated rings. The second-order valence-electron chi connectivity index (χ2n) is 5.35. The van der Waals surface area contributed by atoms with Crippen LogP contribution in [0.25, 0.3) is 0 Å². The van der Waals surface area contributed by atoms with Gasteiger partial charge >= 0.3 is 0 Å². The molecule has 0 aromatic heterocycles. The SMILES string of the molecule is NC(=S)c1cc(Cl)ccc1N(CC1CC1)C1CC1. The van der Waals surface area contributed by atoms with Crippen LogP contribution in [0.15, 0.2) is 18.2 Å². The molecular formula is C14H17ClN2S. The first-order valence-electron chi connectivity index (χ1n) is 6.51. The maximum absolute atomic E-state index is 6.05. The number of hydrogen-bond acceptors (Lipinski definition) is 2. The molecule has 1 aromatic rings. The molecule has 2 saturated carbocycles. The van der Waals surface area contributed by atoms with Crippen LogP contribution in [-0.2, 0) is 0 Å². The summed E-state index contributed by atoms with van der Waals surface area (Å²) in [6.07, 6.45) is 5.29. The number of rotatable bonds is 5. The average molecular weight is 281 g/mol. The van der Waals surface area contributed by atoms with Crippen LogP contribution in [0.4, 0.5) is 5.69 Å². The highest BCUT2D eigenvalue weighted by atomic mass is 35.5. The number of benzene rings is 1. The Kier molecular flexibility index (Phi) is 3.20. The molecule has 2 nitrogen and oxygen atoms in total. The van der Waals surface area contributed by atoms with Gasteiger partial charge in [0.25, 0.3) is 0 Å². The second kappa shape index (κ2) is 4.71. The highest BCUT2D eigenvalue weighted by Gasteiger charge is 2.34. The van der Waals surface area contributed by atoms with Gasteiger partial charge in [0, 0.05) is 28.9 Å². The summed E-state index contributed by atoms with van der Waals surface area (Å²) in [6.45, 7) is 1.14. The van der Waals surface area contributed by atoms with Crippen molar-refractivity contribution in [3.63, 3.8) is 0 Å². The van der Waals surface area contributed by atoms with Crippen LogP contribution < -0.4 is 10.6 Å². The minimum Gasteiger partial charge on any atom is -0.389 e. The summed E-state index contributed by atoms with van der Waals surface area (Å²) in [5.74, 6) is 0.862. The van der Waals surface area contributed by atoms with Gasteiger partial charge < -0.3 is 10.6 Å². The first-order valence-corrected chi connectivity index (χ1v) is 7.30. The minimum atomic E-state index is 0.439. The van der Waals surface area contributed by atoms with E-state index in [1.807, 2.05) is 12.1 Å². The van der Waals surface area contributed by atoms with E-state index in [2.05, 4.69) is 11.0 Å². The lowest BCUT2D eigenvalue weighted by Gasteiger charge is -2.27. The Balaban J connectivity index is 1.93. The number of nitrogens with two attached hydrogens (primary N) is 1. The number of thiocarbonyl (C=S) groups is 1. The van der Waals surface area contributed by atoms with Crippen molar-refractivity contribution in [1.82, 2.24) is 0 Å². The Morgan fingerprint density at radius 2 is 2.06 bits per heavy atom. The summed E-state index contributed by atoms with van der Waals surface area (Å²) in [5, 5.41) is 0.698. The van der Waals surface area contributed by atoms with Crippen molar-refractivity contribution < 1.29 is 0 Å². The lowest BCUT2D eigenvalue weighted by molar-refractivity contribution is 0.718. The van der Waals surface area contributed by atoms with Crippen LogP contribution in [0.1, 0.15) is 31.2 Å². The number of anilines is 1. The van der Waals surface area contributed by atoms with E-state index >= 15 is 0 Å². The van der Waals surface area contributed by atoms with Crippen LogP contribution in [0.3, 0.4) is 0 Å². The summed E-state index contributed by atoms with van der Waals surface area (Å²) in [7, 11) is 0. The van der Waals surface area contributed by atoms with Gasteiger partial charge in [-0.25, -0.2) is 0 Å². The van der Waals surface area contributed by atoms with Gasteiger partial charge in [-0.1, -0.05) is 23.8 Å². The van der Waals surface area contributed by atoms with Gasteiger partial charge in [-0.15, -0.1) is 0 Å². The average Bonchev–Trinajstić information content (AvgIpc) is 3.19. The quantitative estimate of drug-likeness (QED) is 0.839. The molecule has 0 radical (unpaired) electrons. The first kappa shape index (κ1) is 12.2. The largest absolute Gasteiger partial charge is 0.389 e. The lowest BCUT2D eigenvalue weighted by atomic mass is 10.1. The Morgan fingerprint density at radius 1 is 1.33 bits per heavy atom. The molecule has 0 amide bonds. The third-order valence-electron chi connectivity index (χ3n) is 3.67. The van der Waals surface area contributed by atoms with Crippen LogP contribution >= 0.6 is 23.8 Å². The van der Waals surface area contributed by atoms with Crippen molar-refractivity contribution in [3.05, 3.63) is 28.8 Å². The molecule has 2 N–H and O–H groups in total. The van der Waals surface area contributed by atoms with E-state index < -0.39 is 0 Å². The molecule has 2 aliphatic rings. The Morgan fingerprint density at radius 3 is 2.61 bits per heavy atom. The van der Waals surface area contributed by atoms with Gasteiger partial charge in [0.1, 0.15) is 4.99 Å².